The van der Waals surface area contributed by atoms with Crippen LogP contribution in [0.3, 0.4) is 0 Å². The number of unbranched alkanes of at least 4 members (excludes halogenated alkanes) is 2. The number of aldehydes is 1. The number of hydrogen-bond acceptors (Lipinski definition) is 4. The molecule has 0 fully saturated rings. The fourth-order valence-electron chi connectivity index (χ4n) is 2.39. The smallest absolute Gasteiger partial charge is 0.224 e. The number of nitrogens with one attached hydrogen (secondary N) is 2. The molecule has 144 valence electrons. The maximum Gasteiger partial charge on any atom is 0.224 e. The number of benzene rings is 1. The maximum absolute atomic E-state index is 12.1. The first-order valence-electron chi connectivity index (χ1n) is 9.45. The number of allylic oxidation sites excluding steroid dienone is 1. The van der Waals surface area contributed by atoms with E-state index in [9.17, 15) is 9.59 Å². The summed E-state index contributed by atoms with van der Waals surface area (Å²) in [5, 5.41) is 6.20. The van der Waals surface area contributed by atoms with E-state index >= 15 is 0 Å². The number of carbonyl (C=O) groups excluding carboxylic acids is 2. The summed E-state index contributed by atoms with van der Waals surface area (Å²) in [6.07, 6.45) is 8.47. The lowest BCUT2D eigenvalue weighted by Crippen LogP contribution is -2.16. The molecule has 0 atom stereocenters. The van der Waals surface area contributed by atoms with Crippen LogP contribution in [0, 0.1) is 6.92 Å². The van der Waals surface area contributed by atoms with Crippen molar-refractivity contribution < 1.29 is 14.3 Å². The summed E-state index contributed by atoms with van der Waals surface area (Å²) in [5.41, 5.74) is 3.00. The van der Waals surface area contributed by atoms with E-state index in [4.69, 9.17) is 4.74 Å². The van der Waals surface area contributed by atoms with Crippen LogP contribution in [-0.2, 0) is 20.9 Å². The molecule has 0 saturated heterocycles. The molecule has 1 rings (SSSR count). The highest BCUT2D eigenvalue weighted by Crippen LogP contribution is 2.18. The van der Waals surface area contributed by atoms with Crippen LogP contribution in [0.1, 0.15) is 50.2 Å². The Morgan fingerprint density at radius 1 is 1.23 bits per heavy atom. The van der Waals surface area contributed by atoms with Crippen molar-refractivity contribution in [1.29, 1.82) is 0 Å². The van der Waals surface area contributed by atoms with Gasteiger partial charge in [-0.2, -0.15) is 0 Å². The van der Waals surface area contributed by atoms with Crippen LogP contribution in [-0.4, -0.2) is 31.9 Å². The van der Waals surface area contributed by atoms with Crippen molar-refractivity contribution in [2.75, 3.05) is 25.0 Å². The Balaban J connectivity index is 2.29. The average Bonchev–Trinajstić information content (AvgIpc) is 2.63. The molecule has 1 amide bonds. The summed E-state index contributed by atoms with van der Waals surface area (Å²) in [6, 6.07) is 6.06. The Bertz CT molecular complexity index is 570. The van der Waals surface area contributed by atoms with Gasteiger partial charge >= 0.3 is 0 Å². The Kier molecular flexibility index (Phi) is 12.1. The molecule has 5 heteroatoms. The topological polar surface area (TPSA) is 67.4 Å². The number of rotatable bonds is 14. The molecule has 5 nitrogen and oxygen atoms in total. The molecule has 1 aromatic carbocycles. The van der Waals surface area contributed by atoms with E-state index in [0.29, 0.717) is 19.6 Å². The molecule has 0 aromatic heterocycles. The molecule has 26 heavy (non-hydrogen) atoms. The average molecular weight is 360 g/mol. The number of amides is 1. The van der Waals surface area contributed by atoms with Crippen LogP contribution in [0.25, 0.3) is 0 Å². The SMILES string of the molecule is CCCCOCc1ccc(C)c(NC(=O)CCCCNC/C=C\C=O)c1. The van der Waals surface area contributed by atoms with Crippen molar-refractivity contribution in [3.8, 4) is 0 Å². The predicted molar refractivity (Wildman–Crippen MR) is 106 cm³/mol. The molecular formula is C21H32N2O3. The summed E-state index contributed by atoms with van der Waals surface area (Å²) in [4.78, 5) is 22.3. The zero-order valence-corrected chi connectivity index (χ0v) is 16.1. The minimum absolute atomic E-state index is 0.0398. The van der Waals surface area contributed by atoms with Crippen molar-refractivity contribution in [3.63, 3.8) is 0 Å². The van der Waals surface area contributed by atoms with Crippen LogP contribution < -0.4 is 10.6 Å². The van der Waals surface area contributed by atoms with Crippen LogP contribution in [0.4, 0.5) is 5.69 Å². The molecule has 0 unspecified atom stereocenters. The normalized spacial score (nSPS) is 11.0. The highest BCUT2D eigenvalue weighted by Gasteiger charge is 2.06. The van der Waals surface area contributed by atoms with E-state index in [0.717, 1.165) is 61.9 Å². The summed E-state index contributed by atoms with van der Waals surface area (Å²) in [6.45, 7) is 6.99. The van der Waals surface area contributed by atoms with E-state index in [1.165, 1.54) is 6.08 Å². The highest BCUT2D eigenvalue weighted by atomic mass is 16.5. The number of ether oxygens (including phenoxy) is 1. The van der Waals surface area contributed by atoms with Crippen LogP contribution in [0.2, 0.25) is 0 Å². The second kappa shape index (κ2) is 14.2. The van der Waals surface area contributed by atoms with E-state index in [1.807, 2.05) is 25.1 Å². The molecule has 0 heterocycles. The second-order valence-corrected chi connectivity index (χ2v) is 6.33. The van der Waals surface area contributed by atoms with Gasteiger partial charge in [0.1, 0.15) is 6.29 Å². The van der Waals surface area contributed by atoms with Crippen LogP contribution >= 0.6 is 0 Å². The lowest BCUT2D eigenvalue weighted by molar-refractivity contribution is -0.116. The third-order valence-electron chi connectivity index (χ3n) is 3.97. The van der Waals surface area contributed by atoms with Gasteiger partial charge in [0.05, 0.1) is 6.61 Å². The molecule has 0 radical (unpaired) electrons. The molecule has 0 spiro atoms. The molecule has 0 bridgehead atoms. The van der Waals surface area contributed by atoms with E-state index in [-0.39, 0.29) is 5.91 Å². The summed E-state index contributed by atoms with van der Waals surface area (Å²) in [5.74, 6) is 0.0398. The molecule has 0 aliphatic carbocycles. The predicted octanol–water partition coefficient (Wildman–Crippen LogP) is 3.77. The maximum atomic E-state index is 12.1. The Labute approximate surface area is 157 Å². The first kappa shape index (κ1) is 22.1. The molecule has 0 saturated carbocycles. The van der Waals surface area contributed by atoms with Gasteiger partial charge in [-0.15, -0.1) is 0 Å². The van der Waals surface area contributed by atoms with Crippen molar-refractivity contribution in [2.24, 2.45) is 0 Å². The molecule has 0 aliphatic heterocycles. The zero-order chi connectivity index (χ0) is 19.0. The van der Waals surface area contributed by atoms with Crippen molar-refractivity contribution in [2.45, 2.75) is 52.6 Å². The van der Waals surface area contributed by atoms with Gasteiger partial charge in [0.25, 0.3) is 0 Å². The van der Waals surface area contributed by atoms with Gasteiger partial charge < -0.3 is 15.4 Å². The zero-order valence-electron chi connectivity index (χ0n) is 16.1. The van der Waals surface area contributed by atoms with Crippen molar-refractivity contribution in [3.05, 3.63) is 41.5 Å². The Hall–Kier alpha value is -1.98. The van der Waals surface area contributed by atoms with Gasteiger partial charge in [0.15, 0.2) is 0 Å². The van der Waals surface area contributed by atoms with E-state index in [1.54, 1.807) is 6.08 Å². The number of carbonyl (C=O) groups is 2. The first-order chi connectivity index (χ1) is 12.7. The fraction of sp³-hybridized carbons (Fsp3) is 0.524. The summed E-state index contributed by atoms with van der Waals surface area (Å²) >= 11 is 0. The van der Waals surface area contributed by atoms with Crippen LogP contribution in [0.5, 0.6) is 0 Å². The van der Waals surface area contributed by atoms with E-state index in [2.05, 4.69) is 17.6 Å². The van der Waals surface area contributed by atoms with Gasteiger partial charge in [-0.3, -0.25) is 9.59 Å². The molecule has 0 aliphatic rings. The first-order valence-corrected chi connectivity index (χ1v) is 9.45. The minimum Gasteiger partial charge on any atom is -0.377 e. The number of aryl methyl sites for hydroxylation is 1. The van der Waals surface area contributed by atoms with E-state index < -0.39 is 0 Å². The largest absolute Gasteiger partial charge is 0.377 e. The van der Waals surface area contributed by atoms with Crippen molar-refractivity contribution in [1.82, 2.24) is 5.32 Å². The summed E-state index contributed by atoms with van der Waals surface area (Å²) < 4.78 is 5.64. The summed E-state index contributed by atoms with van der Waals surface area (Å²) in [7, 11) is 0. The lowest BCUT2D eigenvalue weighted by atomic mass is 10.1. The third-order valence-corrected chi connectivity index (χ3v) is 3.97. The highest BCUT2D eigenvalue weighted by molar-refractivity contribution is 5.91. The Morgan fingerprint density at radius 3 is 2.85 bits per heavy atom. The third kappa shape index (κ3) is 10.1. The number of anilines is 1. The Morgan fingerprint density at radius 2 is 2.08 bits per heavy atom. The second-order valence-electron chi connectivity index (χ2n) is 6.33. The number of hydrogen-bond donors (Lipinski definition) is 2. The monoisotopic (exact) mass is 360 g/mol. The lowest BCUT2D eigenvalue weighted by Gasteiger charge is -2.11. The molecule has 2 N–H and O–H groups in total. The minimum atomic E-state index is 0.0398. The van der Waals surface area contributed by atoms with Gasteiger partial charge in [-0.25, -0.2) is 0 Å². The van der Waals surface area contributed by atoms with Crippen molar-refractivity contribution >= 4 is 17.9 Å². The van der Waals surface area contributed by atoms with Gasteiger partial charge in [0.2, 0.25) is 5.91 Å². The molecule has 1 aromatic rings. The van der Waals surface area contributed by atoms with Gasteiger partial charge in [0, 0.05) is 25.3 Å². The standard InChI is InChI=1S/C21H32N2O3/c1-3-4-15-26-17-19-11-10-18(2)20(16-19)23-21(25)9-5-6-12-22-13-7-8-14-24/h7-8,10-11,14,16,22H,3-6,9,12-13,15,17H2,1-2H3,(H,23,25)/b8-7-. The van der Waals surface area contributed by atoms with Gasteiger partial charge in [-0.05, 0) is 56.0 Å². The van der Waals surface area contributed by atoms with Crippen LogP contribution in [0.15, 0.2) is 30.4 Å². The molecular weight excluding hydrogens is 328 g/mol. The fourth-order valence-corrected chi connectivity index (χ4v) is 2.39. The quantitative estimate of drug-likeness (QED) is 0.301. The van der Waals surface area contributed by atoms with Gasteiger partial charge in [-0.1, -0.05) is 31.6 Å².